The third-order valence-corrected chi connectivity index (χ3v) is 6.88. The molecule has 2 aliphatic rings. The number of hydrogen-bond donors (Lipinski definition) is 6. The summed E-state index contributed by atoms with van der Waals surface area (Å²) in [5.41, 5.74) is 13.6. The first kappa shape index (κ1) is 29.2. The largest absolute Gasteiger partial charge is 0.478 e. The molecule has 41 heavy (non-hydrogen) atoms. The van der Waals surface area contributed by atoms with Crippen molar-refractivity contribution < 1.29 is 34.2 Å². The number of likely N-dealkylation sites (tertiary alicyclic amines) is 1. The maximum Gasteiger partial charge on any atom is 0.354 e. The van der Waals surface area contributed by atoms with E-state index in [1.165, 1.54) is 24.3 Å². The molecule has 0 saturated carbocycles. The van der Waals surface area contributed by atoms with E-state index >= 15 is 0 Å². The molecular formula is C27H31N7O7. The summed E-state index contributed by atoms with van der Waals surface area (Å²) in [6.07, 6.45) is -1.51. The molecule has 14 heteroatoms. The quantitative estimate of drug-likeness (QED) is 0.0803. The summed E-state index contributed by atoms with van der Waals surface area (Å²) in [4.78, 5) is 55.9. The Kier molecular flexibility index (Phi) is 8.94. The lowest BCUT2D eigenvalue weighted by Gasteiger charge is -2.34. The number of rotatable bonds is 9. The number of benzene rings is 2. The smallest absolute Gasteiger partial charge is 0.354 e. The predicted octanol–water partition coefficient (Wildman–Crippen LogP) is 0.220. The number of hydrogen-bond acceptors (Lipinski definition) is 9. The number of oxime groups is 1. The van der Waals surface area contributed by atoms with Gasteiger partial charge in [-0.1, -0.05) is 35.5 Å². The molecule has 8 N–H and O–H groups in total. The molecule has 216 valence electrons. The second-order valence-electron chi connectivity index (χ2n) is 9.64. The van der Waals surface area contributed by atoms with Crippen molar-refractivity contribution in [3.8, 4) is 0 Å². The molecule has 1 fully saturated rings. The standard InChI is InChI=1S/C27H31N7O7/c1-14(30-23(35)16-8-6-15(7-9-16)22(29)33-40)26(37)34-12-10-17(11-13-34)41-25(27(38)39)32-24(36)21-20(28)18-4-2-3-5-19(18)31-21/h2-9,14,17,20,25,40H,10-13,28H2,1H3,(H2,29,33)(H,30,35)(H,32,36)(H,38,39)/t14?,20?,25-/m0/s1. The van der Waals surface area contributed by atoms with Gasteiger partial charge in [-0.2, -0.15) is 0 Å². The van der Waals surface area contributed by atoms with Gasteiger partial charge in [-0.15, -0.1) is 0 Å². The Morgan fingerprint density at radius 3 is 2.27 bits per heavy atom. The Balaban J connectivity index is 1.27. The summed E-state index contributed by atoms with van der Waals surface area (Å²) in [5, 5.41) is 26.3. The molecule has 2 aliphatic heterocycles. The number of carbonyl (C=O) groups is 4. The number of ether oxygens (including phenoxy) is 1. The highest BCUT2D eigenvalue weighted by Crippen LogP contribution is 2.32. The van der Waals surface area contributed by atoms with Gasteiger partial charge in [-0.25, -0.2) is 9.79 Å². The Morgan fingerprint density at radius 1 is 1.02 bits per heavy atom. The van der Waals surface area contributed by atoms with Crippen LogP contribution in [0.2, 0.25) is 0 Å². The van der Waals surface area contributed by atoms with Crippen LogP contribution in [0.3, 0.4) is 0 Å². The summed E-state index contributed by atoms with van der Waals surface area (Å²) in [6, 6.07) is 11.4. The summed E-state index contributed by atoms with van der Waals surface area (Å²) in [7, 11) is 0. The van der Waals surface area contributed by atoms with Crippen LogP contribution < -0.4 is 22.1 Å². The number of nitrogens with one attached hydrogen (secondary N) is 2. The van der Waals surface area contributed by atoms with Crippen molar-refractivity contribution in [1.82, 2.24) is 15.5 Å². The second kappa shape index (κ2) is 12.6. The summed E-state index contributed by atoms with van der Waals surface area (Å²) in [6.45, 7) is 2.11. The molecule has 14 nitrogen and oxygen atoms in total. The molecule has 0 radical (unpaired) electrons. The van der Waals surface area contributed by atoms with Crippen LogP contribution in [0.1, 0.15) is 47.3 Å². The summed E-state index contributed by atoms with van der Waals surface area (Å²) >= 11 is 0. The number of aliphatic carboxylic acids is 1. The first-order valence-electron chi connectivity index (χ1n) is 12.9. The lowest BCUT2D eigenvalue weighted by atomic mass is 10.0. The molecule has 0 aliphatic carbocycles. The van der Waals surface area contributed by atoms with E-state index < -0.39 is 42.2 Å². The lowest BCUT2D eigenvalue weighted by Crippen LogP contribution is -2.52. The van der Waals surface area contributed by atoms with Crippen molar-refractivity contribution in [3.05, 3.63) is 65.2 Å². The van der Waals surface area contributed by atoms with Crippen LogP contribution in [0.25, 0.3) is 0 Å². The predicted molar refractivity (Wildman–Crippen MR) is 147 cm³/mol. The second-order valence-corrected chi connectivity index (χ2v) is 9.64. The molecular weight excluding hydrogens is 534 g/mol. The van der Waals surface area contributed by atoms with Crippen LogP contribution in [0.5, 0.6) is 0 Å². The minimum absolute atomic E-state index is 0.00317. The monoisotopic (exact) mass is 565 g/mol. The number of amides is 3. The normalized spacial score (nSPS) is 18.6. The Hall–Kier alpha value is -4.82. The van der Waals surface area contributed by atoms with Crippen LogP contribution in [0, 0.1) is 0 Å². The summed E-state index contributed by atoms with van der Waals surface area (Å²) in [5.74, 6) is -2.98. The fraction of sp³-hybridized carbons (Fsp3) is 0.333. The Morgan fingerprint density at radius 2 is 1.66 bits per heavy atom. The minimum Gasteiger partial charge on any atom is -0.478 e. The van der Waals surface area contributed by atoms with Gasteiger partial charge in [0, 0.05) is 29.8 Å². The first-order chi connectivity index (χ1) is 19.6. The van der Waals surface area contributed by atoms with Gasteiger partial charge in [0.2, 0.25) is 12.1 Å². The molecule has 0 spiro atoms. The molecule has 2 aromatic rings. The van der Waals surface area contributed by atoms with Crippen molar-refractivity contribution in [2.75, 3.05) is 13.1 Å². The van der Waals surface area contributed by atoms with E-state index in [-0.39, 0.29) is 30.5 Å². The van der Waals surface area contributed by atoms with E-state index in [1.54, 1.807) is 36.1 Å². The van der Waals surface area contributed by atoms with Crippen LogP contribution in [-0.4, -0.2) is 81.9 Å². The van der Waals surface area contributed by atoms with Gasteiger partial charge in [-0.05, 0) is 38.0 Å². The number of carboxylic acids is 1. The number of carbonyl (C=O) groups excluding carboxylic acids is 3. The van der Waals surface area contributed by atoms with Crippen LogP contribution in [-0.2, 0) is 19.1 Å². The zero-order valence-electron chi connectivity index (χ0n) is 22.2. The zero-order valence-corrected chi connectivity index (χ0v) is 22.2. The van der Waals surface area contributed by atoms with Gasteiger partial charge in [0.05, 0.1) is 17.8 Å². The van der Waals surface area contributed by atoms with Crippen molar-refractivity contribution in [2.24, 2.45) is 21.6 Å². The molecule has 1 saturated heterocycles. The number of fused-ring (bicyclic) bond motifs is 1. The van der Waals surface area contributed by atoms with E-state index in [4.69, 9.17) is 21.4 Å². The highest BCUT2D eigenvalue weighted by Gasteiger charge is 2.34. The SMILES string of the molecule is CC(NC(=O)c1ccc(/C(N)=N/O)cc1)C(=O)N1CCC(O[C@H](NC(=O)C2=Nc3ccccc3C2N)C(=O)O)CC1. The van der Waals surface area contributed by atoms with E-state index in [9.17, 15) is 24.3 Å². The zero-order chi connectivity index (χ0) is 29.7. The highest BCUT2D eigenvalue weighted by atomic mass is 16.5. The average molecular weight is 566 g/mol. The van der Waals surface area contributed by atoms with Crippen molar-refractivity contribution in [3.63, 3.8) is 0 Å². The summed E-state index contributed by atoms with van der Waals surface area (Å²) < 4.78 is 5.67. The van der Waals surface area contributed by atoms with E-state index in [0.29, 0.717) is 35.2 Å². The number of piperidine rings is 1. The van der Waals surface area contributed by atoms with Crippen molar-refractivity contribution >= 4 is 40.9 Å². The maximum atomic E-state index is 12.9. The van der Waals surface area contributed by atoms with Crippen molar-refractivity contribution in [1.29, 1.82) is 0 Å². The fourth-order valence-electron chi connectivity index (χ4n) is 4.61. The van der Waals surface area contributed by atoms with Crippen molar-refractivity contribution in [2.45, 2.75) is 44.2 Å². The van der Waals surface area contributed by atoms with Gasteiger partial charge < -0.3 is 42.1 Å². The van der Waals surface area contributed by atoms with Gasteiger partial charge in [0.15, 0.2) is 5.84 Å². The molecule has 2 unspecified atom stereocenters. The number of nitrogens with two attached hydrogens (primary N) is 2. The topological polar surface area (TPSA) is 222 Å². The van der Waals surface area contributed by atoms with Gasteiger partial charge in [-0.3, -0.25) is 14.4 Å². The van der Waals surface area contributed by atoms with E-state index in [2.05, 4.69) is 20.8 Å². The third kappa shape index (κ3) is 6.67. The highest BCUT2D eigenvalue weighted by molar-refractivity contribution is 6.42. The third-order valence-electron chi connectivity index (χ3n) is 6.88. The van der Waals surface area contributed by atoms with E-state index in [0.717, 1.165) is 0 Å². The number of carboxylic acid groups (broad SMARTS) is 1. The molecule has 4 rings (SSSR count). The molecule has 2 heterocycles. The molecule has 0 aromatic heterocycles. The number of amidine groups is 1. The number of aliphatic imine (C=N–C) groups is 1. The fourth-order valence-corrected chi connectivity index (χ4v) is 4.61. The number of para-hydroxylation sites is 1. The molecule has 3 atom stereocenters. The van der Waals surface area contributed by atoms with Gasteiger partial charge in [0.1, 0.15) is 11.8 Å². The first-order valence-corrected chi connectivity index (χ1v) is 12.9. The Labute approximate surface area is 235 Å². The molecule has 2 aromatic carbocycles. The van der Waals surface area contributed by atoms with Gasteiger partial charge in [0.25, 0.3) is 11.8 Å². The number of nitrogens with zero attached hydrogens (tertiary/aromatic N) is 3. The minimum atomic E-state index is -1.63. The van der Waals surface area contributed by atoms with Gasteiger partial charge >= 0.3 is 5.97 Å². The lowest BCUT2D eigenvalue weighted by molar-refractivity contribution is -0.162. The Bertz CT molecular complexity index is 1380. The molecule has 3 amide bonds. The van der Waals surface area contributed by atoms with Crippen LogP contribution in [0.4, 0.5) is 5.69 Å². The molecule has 0 bridgehead atoms. The maximum absolute atomic E-state index is 12.9. The van der Waals surface area contributed by atoms with Crippen LogP contribution >= 0.6 is 0 Å². The average Bonchev–Trinajstić information content (AvgIpc) is 3.32. The van der Waals surface area contributed by atoms with E-state index in [1.807, 2.05) is 0 Å². The van der Waals surface area contributed by atoms with Crippen LogP contribution in [0.15, 0.2) is 58.7 Å².